The number of aromatic nitrogens is 2. The molecule has 24 heavy (non-hydrogen) atoms. The number of carbonyl (C=O) groups excluding carboxylic acids is 1. The van der Waals surface area contributed by atoms with Crippen molar-refractivity contribution < 1.29 is 19.3 Å². The number of aryl methyl sites for hydroxylation is 1. The number of ether oxygens (including phenoxy) is 1. The number of carbonyl (C=O) groups is 1. The number of nitrogens with zero attached hydrogens (tertiary/aromatic N) is 1. The van der Waals surface area contributed by atoms with Crippen LogP contribution >= 0.6 is 11.3 Å². The Hall–Kier alpha value is -2.45. The van der Waals surface area contributed by atoms with Crippen molar-refractivity contribution in [1.82, 2.24) is 9.97 Å². The molecule has 3 rings (SSSR count). The number of aromatic amines is 1. The first kappa shape index (κ1) is 16.4. The number of methoxy groups -OCH3 is 1. The van der Waals surface area contributed by atoms with E-state index < -0.39 is 5.97 Å². The number of nitrogens with one attached hydrogen (secondary N) is 1. The van der Waals surface area contributed by atoms with Gasteiger partial charge in [0.1, 0.15) is 22.3 Å². The molecule has 0 fully saturated rings. The maximum atomic E-state index is 12.3. The Labute approximate surface area is 141 Å². The first-order valence-corrected chi connectivity index (χ1v) is 8.30. The lowest BCUT2D eigenvalue weighted by Gasteiger charge is -2.07. The van der Waals surface area contributed by atoms with Crippen LogP contribution in [-0.4, -0.2) is 23.0 Å². The fraction of sp³-hybridized carbons (Fsp3) is 0.312. The van der Waals surface area contributed by atoms with Gasteiger partial charge >= 0.3 is 5.97 Å². The third kappa shape index (κ3) is 2.98. The van der Waals surface area contributed by atoms with Gasteiger partial charge in [-0.1, -0.05) is 0 Å². The van der Waals surface area contributed by atoms with E-state index in [2.05, 4.69) is 9.97 Å². The van der Waals surface area contributed by atoms with E-state index in [4.69, 9.17) is 9.15 Å². The molecule has 0 aliphatic carbocycles. The summed E-state index contributed by atoms with van der Waals surface area (Å²) in [5.74, 6) is 0.969. The van der Waals surface area contributed by atoms with E-state index in [9.17, 15) is 9.59 Å². The largest absolute Gasteiger partial charge is 0.465 e. The molecule has 1 atom stereocenters. The Morgan fingerprint density at radius 2 is 2.33 bits per heavy atom. The molecule has 7 nitrogen and oxygen atoms in total. The fourth-order valence-corrected chi connectivity index (χ4v) is 3.65. The predicted octanol–water partition coefficient (Wildman–Crippen LogP) is 1.50. The molecule has 0 aliphatic heterocycles. The van der Waals surface area contributed by atoms with E-state index in [-0.39, 0.29) is 11.6 Å². The Bertz CT molecular complexity index is 927. The molecule has 0 radical (unpaired) electrons. The highest BCUT2D eigenvalue weighted by Crippen LogP contribution is 2.27. The number of thiophene rings is 1. The van der Waals surface area contributed by atoms with Crippen LogP contribution in [-0.2, 0) is 11.3 Å². The molecular formula is C16H18N3O4S+. The monoisotopic (exact) mass is 348 g/mol. The average molecular weight is 348 g/mol. The van der Waals surface area contributed by atoms with Crippen LogP contribution in [0.3, 0.4) is 0 Å². The Balaban J connectivity index is 1.88. The lowest BCUT2D eigenvalue weighted by atomic mass is 10.2. The topological polar surface area (TPSA) is 102 Å². The molecule has 126 valence electrons. The summed E-state index contributed by atoms with van der Waals surface area (Å²) in [7, 11) is 1.32. The molecule has 0 unspecified atom stereocenters. The SMILES string of the molecule is COC(=O)c1sc2nc(C[NH2+][C@@H](C)c3ccco3)[nH]c(=O)c2c1C. The number of hydrogen-bond donors (Lipinski definition) is 2. The molecule has 0 spiro atoms. The van der Waals surface area contributed by atoms with Gasteiger partial charge < -0.3 is 19.5 Å². The number of esters is 1. The Kier molecular flexibility index (Phi) is 4.50. The lowest BCUT2D eigenvalue weighted by Crippen LogP contribution is -2.83. The van der Waals surface area contributed by atoms with Gasteiger partial charge in [0.2, 0.25) is 0 Å². The molecule has 3 aromatic rings. The summed E-state index contributed by atoms with van der Waals surface area (Å²) in [6.07, 6.45) is 1.63. The minimum atomic E-state index is -0.450. The first-order chi connectivity index (χ1) is 11.5. The van der Waals surface area contributed by atoms with Crippen LogP contribution in [0.25, 0.3) is 10.2 Å². The zero-order valence-electron chi connectivity index (χ0n) is 13.6. The van der Waals surface area contributed by atoms with Crippen LogP contribution in [0.5, 0.6) is 0 Å². The second-order valence-corrected chi connectivity index (χ2v) is 6.48. The highest BCUT2D eigenvalue weighted by Gasteiger charge is 2.20. The molecule has 0 bridgehead atoms. The van der Waals surface area contributed by atoms with Gasteiger partial charge in [-0.2, -0.15) is 0 Å². The normalized spacial score (nSPS) is 12.5. The van der Waals surface area contributed by atoms with E-state index in [0.717, 1.165) is 5.76 Å². The summed E-state index contributed by atoms with van der Waals surface area (Å²) in [6, 6.07) is 3.86. The van der Waals surface area contributed by atoms with Gasteiger partial charge in [-0.15, -0.1) is 11.3 Å². The number of H-pyrrole nitrogens is 1. The Morgan fingerprint density at radius 1 is 1.54 bits per heavy atom. The van der Waals surface area contributed by atoms with Crippen molar-refractivity contribution in [3.8, 4) is 0 Å². The fourth-order valence-electron chi connectivity index (χ4n) is 2.53. The minimum absolute atomic E-state index is 0.108. The van der Waals surface area contributed by atoms with Crippen molar-refractivity contribution in [3.63, 3.8) is 0 Å². The minimum Gasteiger partial charge on any atom is -0.465 e. The van der Waals surface area contributed by atoms with Crippen molar-refractivity contribution in [3.05, 3.63) is 50.8 Å². The van der Waals surface area contributed by atoms with Gasteiger partial charge in [-0.25, -0.2) is 9.78 Å². The van der Waals surface area contributed by atoms with E-state index in [0.29, 0.717) is 33.0 Å². The second-order valence-electron chi connectivity index (χ2n) is 5.48. The number of furan rings is 1. The Morgan fingerprint density at radius 3 is 3.00 bits per heavy atom. The molecule has 3 aromatic heterocycles. The van der Waals surface area contributed by atoms with Crippen molar-refractivity contribution in [1.29, 1.82) is 0 Å². The van der Waals surface area contributed by atoms with Gasteiger partial charge in [-0.3, -0.25) is 4.79 Å². The van der Waals surface area contributed by atoms with Crippen molar-refractivity contribution in [2.75, 3.05) is 7.11 Å². The summed E-state index contributed by atoms with van der Waals surface area (Å²) in [5, 5.41) is 2.47. The van der Waals surface area contributed by atoms with Crippen LogP contribution in [0, 0.1) is 6.92 Å². The summed E-state index contributed by atoms with van der Waals surface area (Å²) < 4.78 is 10.1. The summed E-state index contributed by atoms with van der Waals surface area (Å²) in [4.78, 5) is 32.4. The summed E-state index contributed by atoms with van der Waals surface area (Å²) in [5.41, 5.74) is 0.369. The standard InChI is InChI=1S/C16H17N3O4S/c1-8-12-14(20)18-11(7-17-9(2)10-5-4-6-23-10)19-15(12)24-13(8)16(21)22-3/h4-6,9,17H,7H2,1-3H3,(H,18,19,20)/p+1/t9-/m0/s1. The van der Waals surface area contributed by atoms with Crippen LogP contribution in [0.4, 0.5) is 0 Å². The first-order valence-electron chi connectivity index (χ1n) is 7.48. The quantitative estimate of drug-likeness (QED) is 0.680. The van der Waals surface area contributed by atoms with Gasteiger partial charge in [0.15, 0.2) is 11.6 Å². The smallest absolute Gasteiger partial charge is 0.348 e. The number of hydrogen-bond acceptors (Lipinski definition) is 6. The van der Waals surface area contributed by atoms with Crippen molar-refractivity contribution >= 4 is 27.5 Å². The molecule has 8 heteroatoms. The van der Waals surface area contributed by atoms with E-state index in [1.807, 2.05) is 24.4 Å². The predicted molar refractivity (Wildman–Crippen MR) is 89.1 cm³/mol. The number of quaternary nitrogens is 1. The number of fused-ring (bicyclic) bond motifs is 1. The molecule has 3 heterocycles. The average Bonchev–Trinajstić information content (AvgIpc) is 3.20. The summed E-state index contributed by atoms with van der Waals surface area (Å²) >= 11 is 1.18. The van der Waals surface area contributed by atoms with Crippen LogP contribution in [0.2, 0.25) is 0 Å². The maximum absolute atomic E-state index is 12.3. The molecule has 0 saturated carbocycles. The molecule has 0 aromatic carbocycles. The highest BCUT2D eigenvalue weighted by molar-refractivity contribution is 7.20. The zero-order chi connectivity index (χ0) is 17.3. The highest BCUT2D eigenvalue weighted by atomic mass is 32.1. The van der Waals surface area contributed by atoms with E-state index in [1.165, 1.54) is 18.4 Å². The molecular weight excluding hydrogens is 330 g/mol. The second kappa shape index (κ2) is 6.58. The lowest BCUT2D eigenvalue weighted by molar-refractivity contribution is -0.710. The molecule has 0 saturated heterocycles. The van der Waals surface area contributed by atoms with Crippen LogP contribution in [0.1, 0.15) is 39.8 Å². The van der Waals surface area contributed by atoms with Gasteiger partial charge in [0.25, 0.3) is 5.56 Å². The molecule has 0 amide bonds. The number of rotatable bonds is 5. The van der Waals surface area contributed by atoms with E-state index in [1.54, 1.807) is 13.2 Å². The molecule has 3 N–H and O–H groups in total. The zero-order valence-corrected chi connectivity index (χ0v) is 14.4. The molecule has 0 aliphatic rings. The van der Waals surface area contributed by atoms with Crippen LogP contribution < -0.4 is 10.9 Å². The summed E-state index contributed by atoms with van der Waals surface area (Å²) in [6.45, 7) is 4.24. The van der Waals surface area contributed by atoms with Gasteiger partial charge in [0, 0.05) is 0 Å². The van der Waals surface area contributed by atoms with E-state index >= 15 is 0 Å². The van der Waals surface area contributed by atoms with Crippen LogP contribution in [0.15, 0.2) is 27.6 Å². The third-order valence-corrected chi connectivity index (χ3v) is 5.04. The number of nitrogens with two attached hydrogens (primary N) is 1. The van der Waals surface area contributed by atoms with Gasteiger partial charge in [0.05, 0.1) is 18.8 Å². The van der Waals surface area contributed by atoms with Crippen molar-refractivity contribution in [2.45, 2.75) is 26.4 Å². The maximum Gasteiger partial charge on any atom is 0.348 e. The van der Waals surface area contributed by atoms with Crippen molar-refractivity contribution in [2.24, 2.45) is 0 Å². The third-order valence-electron chi connectivity index (χ3n) is 3.88. The van der Waals surface area contributed by atoms with Gasteiger partial charge in [-0.05, 0) is 31.5 Å².